The van der Waals surface area contributed by atoms with Gasteiger partial charge in [0.05, 0.1) is 27.5 Å². The van der Waals surface area contributed by atoms with Crippen LogP contribution in [0.2, 0.25) is 0 Å². The predicted molar refractivity (Wildman–Crippen MR) is 92.2 cm³/mol. The fraction of sp³-hybridized carbons (Fsp3) is 0.222. The Hall–Kier alpha value is -3.02. The van der Waals surface area contributed by atoms with Gasteiger partial charge in [-0.25, -0.2) is 5.01 Å². The number of carbonyl (C=O) groups excluding carboxylic acids is 1. The summed E-state index contributed by atoms with van der Waals surface area (Å²) in [5.41, 5.74) is 1.29. The first-order valence-electron chi connectivity index (χ1n) is 7.27. The summed E-state index contributed by atoms with van der Waals surface area (Å²) in [7, 11) is 6.11. The van der Waals surface area contributed by atoms with Crippen molar-refractivity contribution < 1.29 is 19.0 Å². The number of amides is 1. The zero-order valence-corrected chi connectivity index (χ0v) is 14.1. The van der Waals surface area contributed by atoms with E-state index in [9.17, 15) is 4.79 Å². The molecule has 24 heavy (non-hydrogen) atoms. The van der Waals surface area contributed by atoms with Crippen LogP contribution in [0.3, 0.4) is 0 Å². The summed E-state index contributed by atoms with van der Waals surface area (Å²) >= 11 is 0. The molecule has 2 aromatic rings. The van der Waals surface area contributed by atoms with Gasteiger partial charge in [0, 0.05) is 12.6 Å². The average molecular weight is 328 g/mol. The molecule has 2 aromatic carbocycles. The molecule has 6 heteroatoms. The van der Waals surface area contributed by atoms with E-state index < -0.39 is 0 Å². The summed E-state index contributed by atoms with van der Waals surface area (Å²) < 4.78 is 15.8. The Bertz CT molecular complexity index is 704. The summed E-state index contributed by atoms with van der Waals surface area (Å²) in [4.78, 5) is 12.6. The standard InChI is InChI=1S/C18H20N2O4/c1-20(19-12-13-8-6-5-7-9-13)18(21)14-10-15(22-2)17(24-4)16(11-14)23-3/h5-12H,1-4H3/b19-12+. The number of carbonyl (C=O) groups is 1. The first kappa shape index (κ1) is 17.3. The zero-order chi connectivity index (χ0) is 17.5. The third-order valence-corrected chi connectivity index (χ3v) is 3.39. The normalized spacial score (nSPS) is 10.5. The summed E-state index contributed by atoms with van der Waals surface area (Å²) in [6, 6.07) is 12.7. The fourth-order valence-electron chi connectivity index (χ4n) is 2.14. The third-order valence-electron chi connectivity index (χ3n) is 3.39. The van der Waals surface area contributed by atoms with Crippen molar-refractivity contribution in [3.8, 4) is 17.2 Å². The number of hydrogen-bond donors (Lipinski definition) is 0. The van der Waals surface area contributed by atoms with Crippen molar-refractivity contribution in [3.05, 3.63) is 53.6 Å². The smallest absolute Gasteiger partial charge is 0.273 e. The van der Waals surface area contributed by atoms with Crippen LogP contribution in [0.4, 0.5) is 0 Å². The molecular formula is C18H20N2O4. The minimum atomic E-state index is -0.290. The second kappa shape index (κ2) is 8.01. The molecule has 0 spiro atoms. The monoisotopic (exact) mass is 328 g/mol. The van der Waals surface area contributed by atoms with Crippen LogP contribution in [0.1, 0.15) is 15.9 Å². The van der Waals surface area contributed by atoms with E-state index in [4.69, 9.17) is 14.2 Å². The molecule has 0 radical (unpaired) electrons. The number of methoxy groups -OCH3 is 3. The molecule has 0 atom stereocenters. The summed E-state index contributed by atoms with van der Waals surface area (Å²) in [6.45, 7) is 0. The van der Waals surface area contributed by atoms with Crippen LogP contribution in [0, 0.1) is 0 Å². The van der Waals surface area contributed by atoms with Gasteiger partial charge in [-0.2, -0.15) is 5.10 Å². The van der Waals surface area contributed by atoms with E-state index in [-0.39, 0.29) is 5.91 Å². The maximum atomic E-state index is 12.6. The zero-order valence-electron chi connectivity index (χ0n) is 14.1. The molecular weight excluding hydrogens is 308 g/mol. The van der Waals surface area contributed by atoms with Crippen molar-refractivity contribution in [2.24, 2.45) is 5.10 Å². The van der Waals surface area contributed by atoms with Gasteiger partial charge in [-0.15, -0.1) is 0 Å². The molecule has 0 unspecified atom stereocenters. The van der Waals surface area contributed by atoms with Gasteiger partial charge in [0.1, 0.15) is 0 Å². The molecule has 0 aliphatic heterocycles. The van der Waals surface area contributed by atoms with Gasteiger partial charge in [-0.05, 0) is 17.7 Å². The number of ether oxygens (including phenoxy) is 3. The van der Waals surface area contributed by atoms with Crippen molar-refractivity contribution in [2.75, 3.05) is 28.4 Å². The minimum absolute atomic E-state index is 0.290. The number of nitrogens with zero attached hydrogens (tertiary/aromatic N) is 2. The third kappa shape index (κ3) is 3.84. The topological polar surface area (TPSA) is 60.4 Å². The van der Waals surface area contributed by atoms with Crippen molar-refractivity contribution in [1.82, 2.24) is 5.01 Å². The van der Waals surface area contributed by atoms with Gasteiger partial charge in [0.25, 0.3) is 5.91 Å². The first-order valence-corrected chi connectivity index (χ1v) is 7.27. The van der Waals surface area contributed by atoms with Crippen LogP contribution in [0.15, 0.2) is 47.6 Å². The molecule has 0 aliphatic carbocycles. The predicted octanol–water partition coefficient (Wildman–Crippen LogP) is 2.82. The van der Waals surface area contributed by atoms with E-state index >= 15 is 0 Å². The quantitative estimate of drug-likeness (QED) is 0.604. The molecule has 1 amide bonds. The molecule has 0 N–H and O–H groups in total. The lowest BCUT2D eigenvalue weighted by molar-refractivity contribution is 0.0799. The highest BCUT2D eigenvalue weighted by Crippen LogP contribution is 2.38. The van der Waals surface area contributed by atoms with Crippen LogP contribution in [-0.4, -0.2) is 45.5 Å². The van der Waals surface area contributed by atoms with Crippen molar-refractivity contribution in [1.29, 1.82) is 0 Å². The van der Waals surface area contributed by atoms with E-state index in [1.807, 2.05) is 30.3 Å². The van der Waals surface area contributed by atoms with E-state index in [2.05, 4.69) is 5.10 Å². The molecule has 0 aliphatic rings. The molecule has 0 heterocycles. The van der Waals surface area contributed by atoms with Gasteiger partial charge in [0.2, 0.25) is 5.75 Å². The molecule has 0 aromatic heterocycles. The maximum Gasteiger partial charge on any atom is 0.273 e. The molecule has 2 rings (SSSR count). The van der Waals surface area contributed by atoms with Gasteiger partial charge in [-0.3, -0.25) is 4.79 Å². The second-order valence-corrected chi connectivity index (χ2v) is 4.90. The van der Waals surface area contributed by atoms with Crippen LogP contribution < -0.4 is 14.2 Å². The number of hydrogen-bond acceptors (Lipinski definition) is 5. The van der Waals surface area contributed by atoms with Crippen LogP contribution in [0.5, 0.6) is 17.2 Å². The van der Waals surface area contributed by atoms with E-state index in [1.165, 1.54) is 26.3 Å². The SMILES string of the molecule is COc1cc(C(=O)N(C)/N=C/c2ccccc2)cc(OC)c1OC. The maximum absolute atomic E-state index is 12.6. The number of hydrazone groups is 1. The van der Waals surface area contributed by atoms with Crippen LogP contribution in [0.25, 0.3) is 0 Å². The highest BCUT2D eigenvalue weighted by Gasteiger charge is 2.19. The Morgan fingerprint density at radius 2 is 1.58 bits per heavy atom. The molecule has 126 valence electrons. The van der Waals surface area contributed by atoms with E-state index in [1.54, 1.807) is 25.4 Å². The Morgan fingerprint density at radius 3 is 2.08 bits per heavy atom. The average Bonchev–Trinajstić information content (AvgIpc) is 2.64. The summed E-state index contributed by atoms with van der Waals surface area (Å²) in [5, 5.41) is 5.43. The minimum Gasteiger partial charge on any atom is -0.493 e. The van der Waals surface area contributed by atoms with Crippen molar-refractivity contribution in [2.45, 2.75) is 0 Å². The summed E-state index contributed by atoms with van der Waals surface area (Å²) in [5.74, 6) is 0.981. The lowest BCUT2D eigenvalue weighted by Gasteiger charge is -2.16. The Balaban J connectivity index is 2.27. The van der Waals surface area contributed by atoms with Gasteiger partial charge in [-0.1, -0.05) is 30.3 Å². The van der Waals surface area contributed by atoms with Crippen molar-refractivity contribution in [3.63, 3.8) is 0 Å². The molecule has 0 saturated carbocycles. The molecule has 0 fully saturated rings. The highest BCUT2D eigenvalue weighted by atomic mass is 16.5. The lowest BCUT2D eigenvalue weighted by atomic mass is 10.1. The van der Waals surface area contributed by atoms with Gasteiger partial charge in [0.15, 0.2) is 11.5 Å². The van der Waals surface area contributed by atoms with Crippen LogP contribution in [-0.2, 0) is 0 Å². The fourth-order valence-corrected chi connectivity index (χ4v) is 2.14. The van der Waals surface area contributed by atoms with Crippen LogP contribution >= 0.6 is 0 Å². The molecule has 6 nitrogen and oxygen atoms in total. The van der Waals surface area contributed by atoms with Crippen molar-refractivity contribution >= 4 is 12.1 Å². The van der Waals surface area contributed by atoms with E-state index in [0.717, 1.165) is 5.56 Å². The second-order valence-electron chi connectivity index (χ2n) is 4.90. The largest absolute Gasteiger partial charge is 0.493 e. The summed E-state index contributed by atoms with van der Waals surface area (Å²) in [6.07, 6.45) is 1.62. The number of rotatable bonds is 6. The Labute approximate surface area is 141 Å². The Morgan fingerprint density at radius 1 is 1.00 bits per heavy atom. The number of benzene rings is 2. The highest BCUT2D eigenvalue weighted by molar-refractivity contribution is 5.96. The Kier molecular flexibility index (Phi) is 5.78. The molecule has 0 saturated heterocycles. The van der Waals surface area contributed by atoms with Gasteiger partial charge >= 0.3 is 0 Å². The van der Waals surface area contributed by atoms with Gasteiger partial charge < -0.3 is 14.2 Å². The first-order chi connectivity index (χ1) is 11.6. The van der Waals surface area contributed by atoms with E-state index in [0.29, 0.717) is 22.8 Å². The molecule has 0 bridgehead atoms. The lowest BCUT2D eigenvalue weighted by Crippen LogP contribution is -2.21.